The molecule has 3 amide bonds. The van der Waals surface area contributed by atoms with E-state index in [-0.39, 0.29) is 12.3 Å². The average molecular weight is 311 g/mol. The van der Waals surface area contributed by atoms with Crippen LogP contribution in [-0.2, 0) is 9.59 Å². The molecule has 5 nitrogen and oxygen atoms in total. The van der Waals surface area contributed by atoms with Crippen LogP contribution in [0.5, 0.6) is 0 Å². The molecule has 0 saturated carbocycles. The highest BCUT2D eigenvalue weighted by Crippen LogP contribution is 2.18. The van der Waals surface area contributed by atoms with Gasteiger partial charge in [-0.25, -0.2) is 0 Å². The summed E-state index contributed by atoms with van der Waals surface area (Å²) in [6.07, 6.45) is 0.526. The van der Waals surface area contributed by atoms with Crippen LogP contribution >= 0.6 is 11.6 Å². The Morgan fingerprint density at radius 1 is 1.33 bits per heavy atom. The van der Waals surface area contributed by atoms with Crippen molar-refractivity contribution in [2.45, 2.75) is 39.7 Å². The van der Waals surface area contributed by atoms with Crippen molar-refractivity contribution in [2.75, 3.05) is 0 Å². The Morgan fingerprint density at radius 2 is 2.00 bits per heavy atom. The minimum Gasteiger partial charge on any atom is -0.340 e. The van der Waals surface area contributed by atoms with E-state index in [1.807, 2.05) is 20.8 Å². The van der Waals surface area contributed by atoms with Gasteiger partial charge in [-0.3, -0.25) is 19.7 Å². The van der Waals surface area contributed by atoms with Crippen LogP contribution in [0, 0.1) is 6.92 Å². The summed E-state index contributed by atoms with van der Waals surface area (Å²) < 4.78 is 0. The lowest BCUT2D eigenvalue weighted by atomic mass is 10.1. The first-order valence-electron chi connectivity index (χ1n) is 6.88. The quantitative estimate of drug-likeness (QED) is 0.822. The molecule has 1 aromatic rings. The summed E-state index contributed by atoms with van der Waals surface area (Å²) in [7, 11) is 0. The van der Waals surface area contributed by atoms with Crippen LogP contribution in [0.25, 0.3) is 0 Å². The van der Waals surface area contributed by atoms with Gasteiger partial charge in [0.1, 0.15) is 6.04 Å². The van der Waals surface area contributed by atoms with Gasteiger partial charge >= 0.3 is 0 Å². The average Bonchev–Trinajstić information content (AvgIpc) is 2.44. The van der Waals surface area contributed by atoms with E-state index < -0.39 is 17.9 Å². The number of aryl methyl sites for hydroxylation is 1. The Morgan fingerprint density at radius 3 is 2.57 bits per heavy atom. The molecule has 2 rings (SSSR count). The topological polar surface area (TPSA) is 75.3 Å². The Balaban J connectivity index is 0.00000106. The summed E-state index contributed by atoms with van der Waals surface area (Å²) in [4.78, 5) is 34.5. The van der Waals surface area contributed by atoms with E-state index in [4.69, 9.17) is 11.6 Å². The zero-order chi connectivity index (χ0) is 16.0. The Labute approximate surface area is 129 Å². The number of carbonyl (C=O) groups excluding carboxylic acids is 3. The third-order valence-corrected chi connectivity index (χ3v) is 3.23. The second-order valence-corrected chi connectivity index (χ2v) is 4.87. The van der Waals surface area contributed by atoms with Crippen LogP contribution in [-0.4, -0.2) is 23.8 Å². The fraction of sp³-hybridized carbons (Fsp3) is 0.400. The van der Waals surface area contributed by atoms with Crippen molar-refractivity contribution in [1.29, 1.82) is 0 Å². The minimum atomic E-state index is -0.692. The Kier molecular flexibility index (Phi) is 6.37. The maximum atomic E-state index is 12.0. The molecule has 0 radical (unpaired) electrons. The first kappa shape index (κ1) is 17.2. The van der Waals surface area contributed by atoms with Crippen LogP contribution in [0.4, 0.5) is 0 Å². The van der Waals surface area contributed by atoms with Crippen LogP contribution in [0.3, 0.4) is 0 Å². The Hall–Kier alpha value is -1.88. The molecule has 1 heterocycles. The second-order valence-electron chi connectivity index (χ2n) is 4.46. The van der Waals surface area contributed by atoms with Gasteiger partial charge in [-0.15, -0.1) is 0 Å². The maximum Gasteiger partial charge on any atom is 0.253 e. The lowest BCUT2D eigenvalue weighted by Crippen LogP contribution is -2.52. The normalized spacial score (nSPS) is 17.4. The minimum absolute atomic E-state index is 0.221. The molecule has 1 aliphatic rings. The van der Waals surface area contributed by atoms with Crippen LogP contribution < -0.4 is 10.6 Å². The van der Waals surface area contributed by atoms with Gasteiger partial charge in [-0.05, 0) is 31.0 Å². The third-order valence-electron chi connectivity index (χ3n) is 2.91. The molecule has 1 aliphatic heterocycles. The molecular formula is C15H19ClN2O3. The van der Waals surface area contributed by atoms with Crippen molar-refractivity contribution < 1.29 is 14.4 Å². The zero-order valence-electron chi connectivity index (χ0n) is 12.3. The monoisotopic (exact) mass is 310 g/mol. The van der Waals surface area contributed by atoms with E-state index in [9.17, 15) is 14.4 Å². The molecule has 0 aliphatic carbocycles. The fourth-order valence-corrected chi connectivity index (χ4v) is 2.19. The molecule has 1 fully saturated rings. The number of carbonyl (C=O) groups is 3. The van der Waals surface area contributed by atoms with Crippen LogP contribution in [0.1, 0.15) is 42.6 Å². The number of imide groups is 1. The molecule has 0 bridgehead atoms. The van der Waals surface area contributed by atoms with E-state index in [2.05, 4.69) is 10.6 Å². The number of amides is 3. The molecule has 1 unspecified atom stereocenters. The zero-order valence-corrected chi connectivity index (χ0v) is 13.1. The number of benzene rings is 1. The fourth-order valence-electron chi connectivity index (χ4n) is 1.87. The van der Waals surface area contributed by atoms with E-state index in [0.29, 0.717) is 17.0 Å². The summed E-state index contributed by atoms with van der Waals surface area (Å²) in [5, 5.41) is 5.10. The lowest BCUT2D eigenvalue weighted by molar-refractivity contribution is -0.134. The van der Waals surface area contributed by atoms with E-state index in [1.54, 1.807) is 18.2 Å². The molecule has 114 valence electrons. The predicted molar refractivity (Wildman–Crippen MR) is 81.2 cm³/mol. The molecule has 21 heavy (non-hydrogen) atoms. The van der Waals surface area contributed by atoms with Crippen molar-refractivity contribution in [2.24, 2.45) is 0 Å². The molecule has 0 spiro atoms. The Bertz CT molecular complexity index is 558. The van der Waals surface area contributed by atoms with Gasteiger partial charge in [0.15, 0.2) is 0 Å². The largest absolute Gasteiger partial charge is 0.340 e. The maximum absolute atomic E-state index is 12.0. The highest BCUT2D eigenvalue weighted by molar-refractivity contribution is 6.34. The van der Waals surface area contributed by atoms with Crippen molar-refractivity contribution in [3.63, 3.8) is 0 Å². The highest BCUT2D eigenvalue weighted by Gasteiger charge is 2.28. The first-order chi connectivity index (χ1) is 9.97. The third kappa shape index (κ3) is 4.56. The standard InChI is InChI=1S/C13H13ClN2O3.C2H6/c1-7-2-3-8(9(14)6-7)12(18)15-10-4-5-11(17)16-13(10)19;1-2/h2-3,6,10H,4-5H2,1H3,(H,15,18)(H,16,17,19);1-2H3. The van der Waals surface area contributed by atoms with E-state index >= 15 is 0 Å². The number of hydrogen-bond acceptors (Lipinski definition) is 3. The number of nitrogens with one attached hydrogen (secondary N) is 2. The smallest absolute Gasteiger partial charge is 0.253 e. The molecular weight excluding hydrogens is 292 g/mol. The first-order valence-corrected chi connectivity index (χ1v) is 7.26. The molecule has 1 saturated heterocycles. The van der Waals surface area contributed by atoms with Gasteiger partial charge in [0.05, 0.1) is 10.6 Å². The lowest BCUT2D eigenvalue weighted by Gasteiger charge is -2.22. The number of piperidine rings is 1. The summed E-state index contributed by atoms with van der Waals surface area (Å²) in [5.41, 5.74) is 1.26. The molecule has 0 aromatic heterocycles. The number of hydrogen-bond donors (Lipinski definition) is 2. The van der Waals surface area contributed by atoms with Gasteiger partial charge in [0.25, 0.3) is 5.91 Å². The van der Waals surface area contributed by atoms with E-state index in [0.717, 1.165) is 5.56 Å². The number of rotatable bonds is 2. The van der Waals surface area contributed by atoms with Crippen molar-refractivity contribution in [3.8, 4) is 0 Å². The molecule has 1 atom stereocenters. The summed E-state index contributed by atoms with van der Waals surface area (Å²) in [6, 6.07) is 4.37. The van der Waals surface area contributed by atoms with Crippen molar-refractivity contribution in [3.05, 3.63) is 34.3 Å². The molecule has 6 heteroatoms. The van der Waals surface area contributed by atoms with E-state index in [1.165, 1.54) is 0 Å². The summed E-state index contributed by atoms with van der Waals surface area (Å²) in [5.74, 6) is -1.21. The van der Waals surface area contributed by atoms with Crippen molar-refractivity contribution in [1.82, 2.24) is 10.6 Å². The molecule has 2 N–H and O–H groups in total. The molecule has 1 aromatic carbocycles. The SMILES string of the molecule is CC.Cc1ccc(C(=O)NC2CCC(=O)NC2=O)c(Cl)c1. The van der Waals surface area contributed by atoms with Crippen LogP contribution in [0.2, 0.25) is 5.02 Å². The second kappa shape index (κ2) is 7.78. The predicted octanol–water partition coefficient (Wildman–Crippen LogP) is 2.21. The van der Waals surface area contributed by atoms with Crippen molar-refractivity contribution >= 4 is 29.3 Å². The summed E-state index contributed by atoms with van der Waals surface area (Å²) >= 11 is 5.99. The van der Waals surface area contributed by atoms with Gasteiger partial charge < -0.3 is 5.32 Å². The summed E-state index contributed by atoms with van der Waals surface area (Å²) in [6.45, 7) is 5.87. The van der Waals surface area contributed by atoms with Gasteiger partial charge in [0.2, 0.25) is 11.8 Å². The van der Waals surface area contributed by atoms with Crippen LogP contribution in [0.15, 0.2) is 18.2 Å². The number of halogens is 1. The van der Waals surface area contributed by atoms with Gasteiger partial charge in [0, 0.05) is 6.42 Å². The van der Waals surface area contributed by atoms with Gasteiger partial charge in [-0.2, -0.15) is 0 Å². The highest BCUT2D eigenvalue weighted by atomic mass is 35.5. The van der Waals surface area contributed by atoms with Gasteiger partial charge in [-0.1, -0.05) is 31.5 Å².